The van der Waals surface area contributed by atoms with Gasteiger partial charge in [0.25, 0.3) is 0 Å². The minimum Gasteiger partial charge on any atom is -0.512 e. The van der Waals surface area contributed by atoms with Gasteiger partial charge in [0.05, 0.1) is 28.5 Å². The van der Waals surface area contributed by atoms with E-state index in [0.717, 1.165) is 22.3 Å². The fourth-order valence-corrected chi connectivity index (χ4v) is 3.94. The van der Waals surface area contributed by atoms with Crippen LogP contribution < -0.4 is 0 Å². The number of aliphatic hydroxyl groups excluding tert-OH is 1. The summed E-state index contributed by atoms with van der Waals surface area (Å²) in [6, 6.07) is 10.7. The molecule has 4 aromatic rings. The summed E-state index contributed by atoms with van der Waals surface area (Å²) in [6.07, 6.45) is 6.85. The lowest BCUT2D eigenvalue weighted by Gasteiger charge is -2.15. The van der Waals surface area contributed by atoms with Gasteiger partial charge >= 0.3 is 5.97 Å². The van der Waals surface area contributed by atoms with Crippen LogP contribution in [0.4, 0.5) is 0 Å². The molecular weight excluding hydrogens is 418 g/mol. The number of rotatable bonds is 6. The predicted molar refractivity (Wildman–Crippen MR) is 127 cm³/mol. The maximum Gasteiger partial charge on any atom is 0.354 e. The molecule has 33 heavy (non-hydrogen) atoms. The highest BCUT2D eigenvalue weighted by atomic mass is 16.4. The fourth-order valence-electron chi connectivity index (χ4n) is 3.94. The number of carboxylic acid groups (broad SMARTS) is 1. The van der Waals surface area contributed by atoms with Crippen LogP contribution in [0.5, 0.6) is 0 Å². The molecule has 4 aromatic heterocycles. The Bertz CT molecular complexity index is 1390. The van der Waals surface area contributed by atoms with E-state index in [0.29, 0.717) is 16.7 Å². The van der Waals surface area contributed by atoms with Crippen LogP contribution in [-0.2, 0) is 0 Å². The van der Waals surface area contributed by atoms with Gasteiger partial charge in [-0.05, 0) is 45.0 Å². The summed E-state index contributed by atoms with van der Waals surface area (Å²) in [7, 11) is 0. The van der Waals surface area contributed by atoms with E-state index in [2.05, 4.69) is 15.0 Å². The molecule has 0 radical (unpaired) electrons. The van der Waals surface area contributed by atoms with Crippen molar-refractivity contribution in [2.75, 3.05) is 0 Å². The van der Waals surface area contributed by atoms with Gasteiger partial charge in [0, 0.05) is 52.8 Å². The van der Waals surface area contributed by atoms with Gasteiger partial charge < -0.3 is 20.2 Å². The normalized spacial score (nSPS) is 12.9. The van der Waals surface area contributed by atoms with Crippen molar-refractivity contribution in [3.05, 3.63) is 83.9 Å². The average molecular weight is 441 g/mol. The number of fused-ring (bicyclic) bond motifs is 1. The summed E-state index contributed by atoms with van der Waals surface area (Å²) >= 11 is 0. The van der Waals surface area contributed by atoms with Crippen LogP contribution in [0.1, 0.15) is 48.6 Å². The van der Waals surface area contributed by atoms with Crippen molar-refractivity contribution in [3.8, 4) is 11.1 Å². The number of hydrogen-bond donors (Lipinski definition) is 3. The molecule has 0 aliphatic rings. The zero-order valence-electron chi connectivity index (χ0n) is 18.4. The SMILES string of the molecule is CC(=N)/C(=C(/C)O)c1cnc2c(-c3ccc(C(=O)O)nc3)cn([C@@H](C)c3ccccn3)c2c1. The Morgan fingerprint density at radius 1 is 1.06 bits per heavy atom. The van der Waals surface area contributed by atoms with Gasteiger partial charge in [-0.25, -0.2) is 9.78 Å². The minimum absolute atomic E-state index is 0.0331. The van der Waals surface area contributed by atoms with E-state index in [1.54, 1.807) is 32.3 Å². The second kappa shape index (κ2) is 8.66. The van der Waals surface area contributed by atoms with E-state index in [1.807, 2.05) is 42.0 Å². The number of hydrogen-bond acceptors (Lipinski definition) is 6. The third-order valence-electron chi connectivity index (χ3n) is 5.52. The monoisotopic (exact) mass is 441 g/mol. The lowest BCUT2D eigenvalue weighted by atomic mass is 10.0. The van der Waals surface area contributed by atoms with E-state index in [4.69, 9.17) is 10.5 Å². The number of aromatic nitrogens is 4. The van der Waals surface area contributed by atoms with Crippen molar-refractivity contribution in [1.82, 2.24) is 19.5 Å². The van der Waals surface area contributed by atoms with Gasteiger partial charge in [-0.3, -0.25) is 9.97 Å². The van der Waals surface area contributed by atoms with Crippen molar-refractivity contribution in [2.45, 2.75) is 26.8 Å². The molecule has 0 saturated heterocycles. The number of nitrogens with zero attached hydrogens (tertiary/aromatic N) is 4. The first-order valence-electron chi connectivity index (χ1n) is 10.3. The third kappa shape index (κ3) is 4.10. The molecule has 8 heteroatoms. The molecule has 4 rings (SSSR count). The molecule has 0 saturated carbocycles. The quantitative estimate of drug-likeness (QED) is 0.281. The Balaban J connectivity index is 1.95. The standard InChI is InChI=1S/C25H23N5O3/c1-14(26)23(16(3)31)18-10-22-24(29-12-18)19(17-7-8-21(25(32)33)28-11-17)13-30(22)15(2)20-6-4-5-9-27-20/h4-13,15,26,31H,1-3H3,(H,32,33)/b23-16+,26-14?/t15-/m0/s1. The molecule has 0 fully saturated rings. The smallest absolute Gasteiger partial charge is 0.354 e. The van der Waals surface area contributed by atoms with E-state index in [-0.39, 0.29) is 23.2 Å². The van der Waals surface area contributed by atoms with Gasteiger partial charge in [0.15, 0.2) is 0 Å². The highest BCUT2D eigenvalue weighted by Crippen LogP contribution is 2.34. The molecule has 3 N–H and O–H groups in total. The molecular formula is C25H23N5O3. The second-order valence-electron chi connectivity index (χ2n) is 7.80. The van der Waals surface area contributed by atoms with Crippen LogP contribution in [0.2, 0.25) is 0 Å². The van der Waals surface area contributed by atoms with Gasteiger partial charge in [0.2, 0.25) is 0 Å². The Hall–Kier alpha value is -4.33. The molecule has 0 aromatic carbocycles. The van der Waals surface area contributed by atoms with E-state index in [9.17, 15) is 9.90 Å². The van der Waals surface area contributed by atoms with Crippen molar-refractivity contribution in [1.29, 1.82) is 5.41 Å². The molecule has 0 bridgehead atoms. The zero-order chi connectivity index (χ0) is 23.7. The van der Waals surface area contributed by atoms with E-state index in [1.165, 1.54) is 12.3 Å². The van der Waals surface area contributed by atoms with Crippen LogP contribution in [0, 0.1) is 5.41 Å². The number of carbonyl (C=O) groups is 1. The van der Waals surface area contributed by atoms with Gasteiger partial charge in [-0.1, -0.05) is 12.1 Å². The summed E-state index contributed by atoms with van der Waals surface area (Å²) in [4.78, 5) is 24.4. The van der Waals surface area contributed by atoms with Crippen molar-refractivity contribution < 1.29 is 15.0 Å². The number of carboxylic acids is 1. The van der Waals surface area contributed by atoms with E-state index >= 15 is 0 Å². The van der Waals surface area contributed by atoms with Crippen LogP contribution in [0.15, 0.2) is 66.9 Å². The van der Waals surface area contributed by atoms with E-state index < -0.39 is 5.97 Å². The summed E-state index contributed by atoms with van der Waals surface area (Å²) < 4.78 is 2.04. The molecule has 0 spiro atoms. The molecule has 4 heterocycles. The first-order chi connectivity index (χ1) is 15.8. The topological polar surface area (TPSA) is 125 Å². The summed E-state index contributed by atoms with van der Waals surface area (Å²) in [6.45, 7) is 5.20. The minimum atomic E-state index is -1.09. The van der Waals surface area contributed by atoms with Crippen LogP contribution in [-0.4, -0.2) is 41.4 Å². The van der Waals surface area contributed by atoms with Crippen molar-refractivity contribution >= 4 is 28.3 Å². The fraction of sp³-hybridized carbons (Fsp3) is 0.160. The molecule has 166 valence electrons. The summed E-state index contributed by atoms with van der Waals surface area (Å²) in [5.41, 5.74) is 5.14. The van der Waals surface area contributed by atoms with Crippen LogP contribution in [0.25, 0.3) is 27.7 Å². The third-order valence-corrected chi connectivity index (χ3v) is 5.52. The van der Waals surface area contributed by atoms with Crippen molar-refractivity contribution in [2.24, 2.45) is 0 Å². The van der Waals surface area contributed by atoms with Gasteiger partial charge in [0.1, 0.15) is 5.69 Å². The number of allylic oxidation sites excluding steroid dienone is 2. The first-order valence-corrected chi connectivity index (χ1v) is 10.3. The Kier molecular flexibility index (Phi) is 5.74. The largest absolute Gasteiger partial charge is 0.512 e. The number of pyridine rings is 3. The van der Waals surface area contributed by atoms with Crippen LogP contribution in [0.3, 0.4) is 0 Å². The zero-order valence-corrected chi connectivity index (χ0v) is 18.4. The lowest BCUT2D eigenvalue weighted by molar-refractivity contribution is 0.0690. The Labute approximate surface area is 190 Å². The summed E-state index contributed by atoms with van der Waals surface area (Å²) in [5.74, 6) is -1.04. The highest BCUT2D eigenvalue weighted by Gasteiger charge is 2.20. The number of aromatic carboxylic acids is 1. The molecule has 0 aliphatic heterocycles. The van der Waals surface area contributed by atoms with Gasteiger partial charge in [-0.2, -0.15) is 0 Å². The van der Waals surface area contributed by atoms with Crippen LogP contribution >= 0.6 is 0 Å². The molecule has 0 unspecified atom stereocenters. The lowest BCUT2D eigenvalue weighted by Crippen LogP contribution is -2.07. The van der Waals surface area contributed by atoms with Gasteiger partial charge in [-0.15, -0.1) is 0 Å². The molecule has 0 aliphatic carbocycles. The maximum absolute atomic E-state index is 11.2. The molecule has 0 amide bonds. The predicted octanol–water partition coefficient (Wildman–Crippen LogP) is 5.13. The van der Waals surface area contributed by atoms with Crippen molar-refractivity contribution in [3.63, 3.8) is 0 Å². The average Bonchev–Trinajstić information content (AvgIpc) is 3.17. The Morgan fingerprint density at radius 3 is 2.42 bits per heavy atom. The molecule has 8 nitrogen and oxygen atoms in total. The first kappa shape index (κ1) is 21.9. The maximum atomic E-state index is 11.2. The summed E-state index contributed by atoms with van der Waals surface area (Å²) in [5, 5.41) is 27.4. The number of aliphatic hydroxyl groups is 1. The second-order valence-corrected chi connectivity index (χ2v) is 7.80. The Morgan fingerprint density at radius 2 is 1.85 bits per heavy atom. The molecule has 1 atom stereocenters. The number of nitrogens with one attached hydrogen (secondary N) is 1. The highest BCUT2D eigenvalue weighted by molar-refractivity contribution is 6.22.